The van der Waals surface area contributed by atoms with Crippen molar-refractivity contribution in [1.29, 1.82) is 5.26 Å². The molecule has 2 aliphatic heterocycles. The summed E-state index contributed by atoms with van der Waals surface area (Å²) in [7, 11) is 2.15. The lowest BCUT2D eigenvalue weighted by Crippen LogP contribution is -2.33. The van der Waals surface area contributed by atoms with Crippen molar-refractivity contribution in [3.8, 4) is 6.07 Å². The van der Waals surface area contributed by atoms with Crippen molar-refractivity contribution in [2.45, 2.75) is 13.0 Å². The number of rotatable bonds is 2. The summed E-state index contributed by atoms with van der Waals surface area (Å²) in [6.45, 7) is 4.41. The predicted molar refractivity (Wildman–Crippen MR) is 108 cm³/mol. The molecule has 0 aliphatic carbocycles. The van der Waals surface area contributed by atoms with E-state index in [1.165, 1.54) is 23.3 Å². The SMILES string of the molecule is Cc1ccccc1[C@@H]1[C@@H]2CN(C(=O)c3cc(F)cc(C#N)c3)C[C@@H]2CN1C.Cl. The van der Waals surface area contributed by atoms with E-state index in [1.54, 1.807) is 0 Å². The lowest BCUT2D eigenvalue weighted by molar-refractivity contribution is 0.0767. The molecule has 2 aliphatic rings. The van der Waals surface area contributed by atoms with Crippen LogP contribution in [0.25, 0.3) is 0 Å². The minimum atomic E-state index is -0.547. The first-order chi connectivity index (χ1) is 13.0. The van der Waals surface area contributed by atoms with Gasteiger partial charge in [0.1, 0.15) is 5.82 Å². The molecule has 0 saturated carbocycles. The number of nitriles is 1. The van der Waals surface area contributed by atoms with E-state index in [9.17, 15) is 9.18 Å². The van der Waals surface area contributed by atoms with Gasteiger partial charge in [-0.25, -0.2) is 4.39 Å². The van der Waals surface area contributed by atoms with Crippen molar-refractivity contribution in [3.63, 3.8) is 0 Å². The minimum Gasteiger partial charge on any atom is -0.338 e. The largest absolute Gasteiger partial charge is 0.338 e. The second-order valence-corrected chi connectivity index (χ2v) is 7.72. The van der Waals surface area contributed by atoms with Crippen molar-refractivity contribution < 1.29 is 9.18 Å². The molecule has 2 aromatic rings. The molecule has 146 valence electrons. The van der Waals surface area contributed by atoms with E-state index >= 15 is 0 Å². The molecular formula is C22H23ClFN3O. The Balaban J connectivity index is 0.00000225. The van der Waals surface area contributed by atoms with E-state index < -0.39 is 5.82 Å². The molecule has 3 atom stereocenters. The number of benzene rings is 2. The van der Waals surface area contributed by atoms with Crippen LogP contribution < -0.4 is 0 Å². The van der Waals surface area contributed by atoms with E-state index in [0.717, 1.165) is 12.6 Å². The number of amides is 1. The number of likely N-dealkylation sites (tertiary alicyclic amines) is 2. The molecule has 2 fully saturated rings. The van der Waals surface area contributed by atoms with Crippen molar-refractivity contribution in [2.75, 3.05) is 26.7 Å². The van der Waals surface area contributed by atoms with Crippen molar-refractivity contribution in [1.82, 2.24) is 9.80 Å². The van der Waals surface area contributed by atoms with Gasteiger partial charge in [-0.05, 0) is 49.2 Å². The van der Waals surface area contributed by atoms with Gasteiger partial charge in [0.05, 0.1) is 11.6 Å². The zero-order valence-corrected chi connectivity index (χ0v) is 16.7. The van der Waals surface area contributed by atoms with Crippen molar-refractivity contribution >= 4 is 18.3 Å². The van der Waals surface area contributed by atoms with Gasteiger partial charge in [-0.15, -0.1) is 12.4 Å². The maximum Gasteiger partial charge on any atom is 0.254 e. The molecule has 6 heteroatoms. The lowest BCUT2D eigenvalue weighted by atomic mass is 9.88. The number of nitrogens with zero attached hydrogens (tertiary/aromatic N) is 3. The third-order valence-corrected chi connectivity index (χ3v) is 5.96. The van der Waals surface area contributed by atoms with Gasteiger partial charge in [0.2, 0.25) is 0 Å². The maximum atomic E-state index is 13.7. The van der Waals surface area contributed by atoms with Crippen molar-refractivity contribution in [3.05, 3.63) is 70.5 Å². The minimum absolute atomic E-state index is 0. The molecule has 0 aromatic heterocycles. The number of hydrogen-bond acceptors (Lipinski definition) is 3. The second-order valence-electron chi connectivity index (χ2n) is 7.72. The molecule has 2 heterocycles. The van der Waals surface area contributed by atoms with E-state index in [-0.39, 0.29) is 35.5 Å². The fraction of sp³-hybridized carbons (Fsp3) is 0.364. The van der Waals surface area contributed by atoms with Crippen LogP contribution in [0.1, 0.15) is 33.1 Å². The lowest BCUT2D eigenvalue weighted by Gasteiger charge is -2.28. The van der Waals surface area contributed by atoms with Crippen molar-refractivity contribution in [2.24, 2.45) is 11.8 Å². The van der Waals surface area contributed by atoms with Crippen LogP contribution >= 0.6 is 12.4 Å². The number of fused-ring (bicyclic) bond motifs is 1. The molecule has 0 spiro atoms. The van der Waals surface area contributed by atoms with Crippen LogP contribution in [0.15, 0.2) is 42.5 Å². The Morgan fingerprint density at radius 3 is 2.64 bits per heavy atom. The number of halogens is 2. The summed E-state index contributed by atoms with van der Waals surface area (Å²) in [6, 6.07) is 14.5. The number of hydrogen-bond donors (Lipinski definition) is 0. The summed E-state index contributed by atoms with van der Waals surface area (Å²) < 4.78 is 13.7. The fourth-order valence-electron chi connectivity index (χ4n) is 4.77. The maximum absolute atomic E-state index is 13.7. The molecule has 1 amide bonds. The Morgan fingerprint density at radius 2 is 1.93 bits per heavy atom. The van der Waals surface area contributed by atoms with Crippen LogP contribution in [0.3, 0.4) is 0 Å². The molecule has 2 saturated heterocycles. The average molecular weight is 400 g/mol. The van der Waals surface area contributed by atoms with Crippen LogP contribution in [0.2, 0.25) is 0 Å². The first-order valence-electron chi connectivity index (χ1n) is 9.23. The monoisotopic (exact) mass is 399 g/mol. The van der Waals surface area contributed by atoms with Gasteiger partial charge in [0.25, 0.3) is 5.91 Å². The quantitative estimate of drug-likeness (QED) is 0.771. The standard InChI is InChI=1S/C22H22FN3O.ClH/c1-14-5-3-4-6-19(14)21-20-13-26(12-17(20)11-25(21)2)22(27)16-7-15(10-24)8-18(23)9-16;/h3-9,17,20-21H,11-13H2,1-2H3;1H/t17-,20+,21+;/m0./s1. The van der Waals surface area contributed by atoms with Gasteiger partial charge in [-0.3, -0.25) is 9.69 Å². The first-order valence-corrected chi connectivity index (χ1v) is 9.23. The Morgan fingerprint density at radius 1 is 1.18 bits per heavy atom. The van der Waals surface area contributed by atoms with Gasteiger partial charge in [-0.2, -0.15) is 5.26 Å². The molecule has 28 heavy (non-hydrogen) atoms. The highest BCUT2D eigenvalue weighted by Crippen LogP contribution is 2.45. The van der Waals surface area contributed by atoms with Gasteiger partial charge in [-0.1, -0.05) is 24.3 Å². The molecule has 0 bridgehead atoms. The molecule has 2 aromatic carbocycles. The van der Waals surface area contributed by atoms with Gasteiger partial charge in [0, 0.05) is 37.2 Å². The topological polar surface area (TPSA) is 47.3 Å². The number of carbonyl (C=O) groups excluding carboxylic acids is 1. The van der Waals surface area contributed by atoms with Gasteiger partial charge in [0.15, 0.2) is 0 Å². The van der Waals surface area contributed by atoms with E-state index in [0.29, 0.717) is 24.9 Å². The smallest absolute Gasteiger partial charge is 0.254 e. The van der Waals surface area contributed by atoms with Crippen LogP contribution in [-0.4, -0.2) is 42.4 Å². The van der Waals surface area contributed by atoms with E-state index in [4.69, 9.17) is 5.26 Å². The molecular weight excluding hydrogens is 377 g/mol. The Labute approximate surface area is 171 Å². The number of aryl methyl sites for hydroxylation is 1. The molecule has 0 radical (unpaired) electrons. The summed E-state index contributed by atoms with van der Waals surface area (Å²) in [5, 5.41) is 9.03. The average Bonchev–Trinajstić information content (AvgIpc) is 3.18. The Bertz CT molecular complexity index is 942. The fourth-order valence-corrected chi connectivity index (χ4v) is 4.77. The highest BCUT2D eigenvalue weighted by atomic mass is 35.5. The van der Waals surface area contributed by atoms with Crippen LogP contribution in [0.4, 0.5) is 4.39 Å². The molecule has 4 nitrogen and oxygen atoms in total. The summed E-state index contributed by atoms with van der Waals surface area (Å²) in [6.07, 6.45) is 0. The normalized spacial score (nSPS) is 23.8. The summed E-state index contributed by atoms with van der Waals surface area (Å²) >= 11 is 0. The predicted octanol–water partition coefficient (Wildman–Crippen LogP) is 3.80. The summed E-state index contributed by atoms with van der Waals surface area (Å²) in [5.41, 5.74) is 3.02. The molecule has 4 rings (SSSR count). The molecule has 0 unspecified atom stereocenters. The third kappa shape index (κ3) is 3.50. The first kappa shape index (κ1) is 20.3. The Kier molecular flexibility index (Phi) is 5.74. The second kappa shape index (κ2) is 7.90. The van der Waals surface area contributed by atoms with Crippen LogP contribution in [0, 0.1) is 35.9 Å². The van der Waals surface area contributed by atoms with E-state index in [1.807, 2.05) is 17.0 Å². The number of carbonyl (C=O) groups is 1. The highest BCUT2D eigenvalue weighted by Gasteiger charge is 2.47. The van der Waals surface area contributed by atoms with Crippen LogP contribution in [-0.2, 0) is 0 Å². The van der Waals surface area contributed by atoms with Gasteiger partial charge >= 0.3 is 0 Å². The third-order valence-electron chi connectivity index (χ3n) is 5.96. The zero-order chi connectivity index (χ0) is 19.1. The highest BCUT2D eigenvalue weighted by molar-refractivity contribution is 5.94. The zero-order valence-electron chi connectivity index (χ0n) is 15.9. The Hall–Kier alpha value is -2.42. The van der Waals surface area contributed by atoms with E-state index in [2.05, 4.69) is 37.1 Å². The van der Waals surface area contributed by atoms with Crippen LogP contribution in [0.5, 0.6) is 0 Å². The molecule has 0 N–H and O–H groups in total. The summed E-state index contributed by atoms with van der Waals surface area (Å²) in [5.74, 6) is 0.0393. The summed E-state index contributed by atoms with van der Waals surface area (Å²) in [4.78, 5) is 17.1. The van der Waals surface area contributed by atoms with Gasteiger partial charge < -0.3 is 4.90 Å².